The molecule has 1 heterocycles. The van der Waals surface area contributed by atoms with E-state index in [4.69, 9.17) is 5.73 Å². The lowest BCUT2D eigenvalue weighted by Gasteiger charge is -2.23. The van der Waals surface area contributed by atoms with E-state index < -0.39 is 6.04 Å². The van der Waals surface area contributed by atoms with Gasteiger partial charge in [-0.15, -0.1) is 0 Å². The molecule has 2 fully saturated rings. The quantitative estimate of drug-likeness (QED) is 0.672. The number of allylic oxidation sites excluding steroid dienone is 1. The van der Waals surface area contributed by atoms with Crippen LogP contribution in [0, 0.1) is 17.2 Å². The van der Waals surface area contributed by atoms with Gasteiger partial charge in [0.1, 0.15) is 6.04 Å². The first-order valence-electron chi connectivity index (χ1n) is 9.05. The molecule has 0 aromatic heterocycles. The highest BCUT2D eigenvalue weighted by molar-refractivity contribution is 6.08. The molecule has 2 aliphatic rings. The predicted molar refractivity (Wildman–Crippen MR) is 102 cm³/mol. The third-order valence-corrected chi connectivity index (χ3v) is 5.30. The fourth-order valence-electron chi connectivity index (χ4n) is 3.98. The smallest absolute Gasteiger partial charge is 0.238 e. The summed E-state index contributed by atoms with van der Waals surface area (Å²) >= 11 is 0. The van der Waals surface area contributed by atoms with Crippen LogP contribution in [-0.2, 0) is 11.2 Å². The summed E-state index contributed by atoms with van der Waals surface area (Å²) in [7, 11) is 1.72. The summed E-state index contributed by atoms with van der Waals surface area (Å²) in [5.41, 5.74) is 8.19. The van der Waals surface area contributed by atoms with Gasteiger partial charge in [-0.05, 0) is 48.6 Å². The largest absolute Gasteiger partial charge is 0.405 e. The molecule has 3 rings (SSSR count). The summed E-state index contributed by atoms with van der Waals surface area (Å²) in [6.45, 7) is 0. The van der Waals surface area contributed by atoms with Crippen molar-refractivity contribution in [3.8, 4) is 6.07 Å². The summed E-state index contributed by atoms with van der Waals surface area (Å²) in [4.78, 5) is 16.7. The molecule has 0 radical (unpaired) electrons. The zero-order chi connectivity index (χ0) is 18.5. The van der Waals surface area contributed by atoms with Crippen molar-refractivity contribution < 1.29 is 4.79 Å². The predicted octanol–water partition coefficient (Wildman–Crippen LogP) is 1.27. The molecule has 26 heavy (non-hydrogen) atoms. The molecule has 0 spiro atoms. The van der Waals surface area contributed by atoms with E-state index in [1.165, 1.54) is 6.20 Å². The Kier molecular flexibility index (Phi) is 5.69. The number of hydrogen-bond donors (Lipinski definition) is 3. The molecule has 6 nitrogen and oxygen atoms in total. The summed E-state index contributed by atoms with van der Waals surface area (Å²) in [5, 5.41) is 15.7. The highest BCUT2D eigenvalue weighted by Gasteiger charge is 2.42. The van der Waals surface area contributed by atoms with Crippen molar-refractivity contribution in [3.63, 3.8) is 0 Å². The minimum absolute atomic E-state index is 0.0474. The molecule has 1 saturated heterocycles. The second kappa shape index (κ2) is 8.15. The Labute approximate surface area is 154 Å². The number of aliphatic imine (C=N–C) groups is 1. The van der Waals surface area contributed by atoms with Gasteiger partial charge in [0.05, 0.1) is 17.8 Å². The van der Waals surface area contributed by atoms with Gasteiger partial charge in [-0.1, -0.05) is 24.3 Å². The van der Waals surface area contributed by atoms with Gasteiger partial charge in [0.2, 0.25) is 5.91 Å². The van der Waals surface area contributed by atoms with Gasteiger partial charge in [0.15, 0.2) is 0 Å². The lowest BCUT2D eigenvalue weighted by Crippen LogP contribution is -2.50. The number of nitriles is 1. The molecular weight excluding hydrogens is 326 g/mol. The third kappa shape index (κ3) is 3.94. The van der Waals surface area contributed by atoms with E-state index in [0.29, 0.717) is 18.4 Å². The lowest BCUT2D eigenvalue weighted by atomic mass is 9.98. The number of amides is 1. The van der Waals surface area contributed by atoms with Crippen molar-refractivity contribution in [3.05, 3.63) is 47.7 Å². The Morgan fingerprint density at radius 3 is 2.77 bits per heavy atom. The number of carbonyl (C=O) groups excluding carboxylic acids is 1. The Morgan fingerprint density at radius 1 is 1.46 bits per heavy atom. The Morgan fingerprint density at radius 2 is 2.23 bits per heavy atom. The van der Waals surface area contributed by atoms with E-state index in [9.17, 15) is 10.1 Å². The van der Waals surface area contributed by atoms with Crippen LogP contribution in [0.3, 0.4) is 0 Å². The third-order valence-electron chi connectivity index (χ3n) is 5.30. The fourth-order valence-corrected chi connectivity index (χ4v) is 3.98. The number of nitrogens with zero attached hydrogens (tertiary/aromatic N) is 2. The number of fused-ring (bicyclic) bond motifs is 2. The number of nitrogens with two attached hydrogens (primary N) is 1. The summed E-state index contributed by atoms with van der Waals surface area (Å²) in [6.07, 6.45) is 7.03. The van der Waals surface area contributed by atoms with Crippen LogP contribution < -0.4 is 16.4 Å². The maximum atomic E-state index is 12.5. The zero-order valence-electron chi connectivity index (χ0n) is 15.0. The molecule has 1 aliphatic heterocycles. The molecule has 2 bridgehead atoms. The maximum absolute atomic E-state index is 12.5. The van der Waals surface area contributed by atoms with Crippen LogP contribution >= 0.6 is 0 Å². The van der Waals surface area contributed by atoms with Gasteiger partial charge >= 0.3 is 0 Å². The second-order valence-corrected chi connectivity index (χ2v) is 6.97. The summed E-state index contributed by atoms with van der Waals surface area (Å²) in [6, 6.07) is 9.82. The van der Waals surface area contributed by atoms with Crippen molar-refractivity contribution >= 4 is 11.6 Å². The van der Waals surface area contributed by atoms with Crippen molar-refractivity contribution in [2.24, 2.45) is 16.6 Å². The van der Waals surface area contributed by atoms with Crippen molar-refractivity contribution in [2.75, 3.05) is 7.05 Å². The SMILES string of the molecule is CN=C(/C=C\N)c1ccc(C[C@@H](C#N)NC(=O)[C@H]2NC3CCC2C3)cc1. The number of carbonyl (C=O) groups is 1. The van der Waals surface area contributed by atoms with Crippen LogP contribution in [0.1, 0.15) is 30.4 Å². The Bertz CT molecular complexity index is 746. The fraction of sp³-hybridized carbons (Fsp3) is 0.450. The van der Waals surface area contributed by atoms with Crippen LogP contribution in [0.4, 0.5) is 0 Å². The van der Waals surface area contributed by atoms with E-state index in [0.717, 1.165) is 36.1 Å². The average Bonchev–Trinajstić information content (AvgIpc) is 3.29. The molecule has 136 valence electrons. The molecule has 4 N–H and O–H groups in total. The molecule has 1 saturated carbocycles. The highest BCUT2D eigenvalue weighted by Crippen LogP contribution is 2.35. The van der Waals surface area contributed by atoms with Crippen LogP contribution in [0.5, 0.6) is 0 Å². The van der Waals surface area contributed by atoms with Crippen LogP contribution in [-0.4, -0.2) is 36.8 Å². The topological polar surface area (TPSA) is 103 Å². The van der Waals surface area contributed by atoms with Gasteiger partial charge in [-0.25, -0.2) is 0 Å². The van der Waals surface area contributed by atoms with Gasteiger partial charge in [0.25, 0.3) is 0 Å². The van der Waals surface area contributed by atoms with Gasteiger partial charge in [0, 0.05) is 19.5 Å². The van der Waals surface area contributed by atoms with Gasteiger partial charge < -0.3 is 16.4 Å². The lowest BCUT2D eigenvalue weighted by molar-refractivity contribution is -0.124. The molecule has 1 aromatic carbocycles. The summed E-state index contributed by atoms with van der Waals surface area (Å²) < 4.78 is 0. The first kappa shape index (κ1) is 18.2. The number of rotatable bonds is 6. The van der Waals surface area contributed by atoms with E-state index in [-0.39, 0.29) is 11.9 Å². The maximum Gasteiger partial charge on any atom is 0.238 e. The van der Waals surface area contributed by atoms with Crippen molar-refractivity contribution in [1.82, 2.24) is 10.6 Å². The molecule has 2 unspecified atom stereocenters. The standard InChI is InChI=1S/C20H25N5O/c1-23-18(8-9-21)14-4-2-13(3-5-14)10-17(12-22)25-20(26)19-15-6-7-16(11-15)24-19/h2-5,8-9,15-17,19,24H,6-7,10-11,21H2,1H3,(H,25,26)/b9-8-,23-18?/t15?,16?,17-,19-/m0/s1. The number of benzene rings is 1. The van der Waals surface area contributed by atoms with Crippen LogP contribution in [0.2, 0.25) is 0 Å². The molecule has 4 atom stereocenters. The molecule has 1 aliphatic carbocycles. The monoisotopic (exact) mass is 351 g/mol. The van der Waals surface area contributed by atoms with E-state index in [1.807, 2.05) is 24.3 Å². The van der Waals surface area contributed by atoms with Crippen molar-refractivity contribution in [1.29, 1.82) is 5.26 Å². The molecular formula is C20H25N5O. The first-order valence-corrected chi connectivity index (χ1v) is 9.05. The van der Waals surface area contributed by atoms with Crippen LogP contribution in [0.25, 0.3) is 0 Å². The average molecular weight is 351 g/mol. The van der Waals surface area contributed by atoms with E-state index in [1.54, 1.807) is 13.1 Å². The van der Waals surface area contributed by atoms with Crippen molar-refractivity contribution in [2.45, 2.75) is 43.8 Å². The Hall–Kier alpha value is -2.65. The first-order chi connectivity index (χ1) is 12.6. The molecule has 1 aromatic rings. The molecule has 6 heteroatoms. The van der Waals surface area contributed by atoms with Gasteiger partial charge in [-0.3, -0.25) is 9.79 Å². The van der Waals surface area contributed by atoms with Gasteiger partial charge in [-0.2, -0.15) is 5.26 Å². The second-order valence-electron chi connectivity index (χ2n) is 6.97. The highest BCUT2D eigenvalue weighted by atomic mass is 16.2. The van der Waals surface area contributed by atoms with E-state index in [2.05, 4.69) is 21.7 Å². The number of piperidine rings is 1. The normalized spacial score (nSPS) is 26.0. The number of hydrogen-bond acceptors (Lipinski definition) is 5. The zero-order valence-corrected chi connectivity index (χ0v) is 15.0. The molecule has 1 amide bonds. The number of nitrogens with one attached hydrogen (secondary N) is 2. The minimum atomic E-state index is -0.530. The van der Waals surface area contributed by atoms with E-state index >= 15 is 0 Å². The summed E-state index contributed by atoms with van der Waals surface area (Å²) in [5.74, 6) is 0.370. The minimum Gasteiger partial charge on any atom is -0.405 e. The van der Waals surface area contributed by atoms with Crippen LogP contribution in [0.15, 0.2) is 41.5 Å². The Balaban J connectivity index is 1.59.